The van der Waals surface area contributed by atoms with Crippen LogP contribution in [0.4, 0.5) is 0 Å². The molecule has 1 aliphatic rings. The summed E-state index contributed by atoms with van der Waals surface area (Å²) < 4.78 is 0. The lowest BCUT2D eigenvalue weighted by Crippen LogP contribution is -2.50. The van der Waals surface area contributed by atoms with Gasteiger partial charge in [0.05, 0.1) is 11.6 Å². The molecule has 0 bridgehead atoms. The van der Waals surface area contributed by atoms with Gasteiger partial charge in [0, 0.05) is 6.54 Å². The number of rotatable bonds is 5. The summed E-state index contributed by atoms with van der Waals surface area (Å²) in [5.74, 6) is 0.256. The van der Waals surface area contributed by atoms with Crippen LogP contribution in [0.3, 0.4) is 0 Å². The van der Waals surface area contributed by atoms with Gasteiger partial charge in [-0.3, -0.25) is 4.79 Å². The first-order chi connectivity index (χ1) is 8.64. The maximum atomic E-state index is 11.8. The van der Waals surface area contributed by atoms with Gasteiger partial charge in [0.15, 0.2) is 0 Å². The summed E-state index contributed by atoms with van der Waals surface area (Å²) >= 11 is 0. The molecule has 1 saturated carbocycles. The molecule has 0 aliphatic heterocycles. The van der Waals surface area contributed by atoms with E-state index in [0.29, 0.717) is 24.3 Å². The van der Waals surface area contributed by atoms with Crippen molar-refractivity contribution < 1.29 is 9.90 Å². The van der Waals surface area contributed by atoms with Crippen LogP contribution in [0.25, 0.3) is 0 Å². The van der Waals surface area contributed by atoms with Gasteiger partial charge < -0.3 is 16.2 Å². The Hall–Kier alpha value is -0.610. The third-order valence-corrected chi connectivity index (χ3v) is 4.19. The molecule has 0 radical (unpaired) electrons. The maximum Gasteiger partial charge on any atom is 0.237 e. The molecule has 112 valence electrons. The minimum absolute atomic E-state index is 0.146. The lowest BCUT2D eigenvalue weighted by atomic mass is 9.71. The maximum absolute atomic E-state index is 11.8. The van der Waals surface area contributed by atoms with Gasteiger partial charge in [-0.05, 0) is 43.4 Å². The second-order valence-corrected chi connectivity index (χ2v) is 7.34. The number of nitrogens with one attached hydrogen (secondary N) is 1. The first-order valence-electron chi connectivity index (χ1n) is 7.39. The first-order valence-corrected chi connectivity index (χ1v) is 7.39. The van der Waals surface area contributed by atoms with Crippen LogP contribution >= 0.6 is 0 Å². The molecule has 19 heavy (non-hydrogen) atoms. The van der Waals surface area contributed by atoms with Crippen LogP contribution < -0.4 is 11.1 Å². The molecule has 0 aromatic heterocycles. The highest BCUT2D eigenvalue weighted by Crippen LogP contribution is 2.39. The molecular weight excluding hydrogens is 240 g/mol. The Bertz CT molecular complexity index is 303. The molecule has 0 saturated heterocycles. The van der Waals surface area contributed by atoms with E-state index in [1.54, 1.807) is 0 Å². The van der Waals surface area contributed by atoms with Gasteiger partial charge in [0.1, 0.15) is 0 Å². The van der Waals surface area contributed by atoms with E-state index < -0.39 is 11.6 Å². The zero-order chi connectivity index (χ0) is 14.7. The van der Waals surface area contributed by atoms with Crippen LogP contribution in [-0.4, -0.2) is 29.2 Å². The van der Waals surface area contributed by atoms with Gasteiger partial charge in [0.25, 0.3) is 0 Å². The fourth-order valence-electron chi connectivity index (χ4n) is 2.57. The summed E-state index contributed by atoms with van der Waals surface area (Å²) in [4.78, 5) is 11.8. The predicted octanol–water partition coefficient (Wildman–Crippen LogP) is 1.81. The van der Waals surface area contributed by atoms with Gasteiger partial charge in [-0.15, -0.1) is 0 Å². The van der Waals surface area contributed by atoms with Crippen molar-refractivity contribution >= 4 is 5.91 Å². The van der Waals surface area contributed by atoms with Crippen molar-refractivity contribution in [3.05, 3.63) is 0 Å². The Kier molecular flexibility index (Phi) is 5.39. The lowest BCUT2D eigenvalue weighted by molar-refractivity contribution is -0.124. The highest BCUT2D eigenvalue weighted by molar-refractivity contribution is 5.81. The second-order valence-electron chi connectivity index (χ2n) is 7.34. The predicted molar refractivity (Wildman–Crippen MR) is 77.6 cm³/mol. The second kappa shape index (κ2) is 6.23. The normalized spacial score (nSPS) is 23.1. The smallest absolute Gasteiger partial charge is 0.237 e. The van der Waals surface area contributed by atoms with Crippen LogP contribution in [0.1, 0.15) is 59.8 Å². The zero-order valence-electron chi connectivity index (χ0n) is 12.8. The average Bonchev–Trinajstić information content (AvgIpc) is 2.30. The molecule has 4 nitrogen and oxygen atoms in total. The number of aliphatic hydroxyl groups is 1. The van der Waals surface area contributed by atoms with Crippen LogP contribution in [0.15, 0.2) is 0 Å². The van der Waals surface area contributed by atoms with Crippen molar-refractivity contribution in [2.24, 2.45) is 17.1 Å². The van der Waals surface area contributed by atoms with Gasteiger partial charge in [-0.2, -0.15) is 0 Å². The summed E-state index contributed by atoms with van der Waals surface area (Å²) in [7, 11) is 0. The molecule has 0 spiro atoms. The molecule has 1 aliphatic carbocycles. The van der Waals surface area contributed by atoms with E-state index in [1.165, 1.54) is 0 Å². The third-order valence-electron chi connectivity index (χ3n) is 4.19. The van der Waals surface area contributed by atoms with E-state index in [0.717, 1.165) is 25.7 Å². The molecule has 4 N–H and O–H groups in total. The molecule has 0 heterocycles. The van der Waals surface area contributed by atoms with Gasteiger partial charge in [-0.1, -0.05) is 27.7 Å². The minimum atomic E-state index is -0.747. The zero-order valence-corrected chi connectivity index (χ0v) is 12.8. The standard InChI is InChI=1S/C15H30N2O2/c1-11(2)9-12(16)13(18)17-10-15(19)7-5-14(3,4)6-8-15/h11-12,19H,5-10,16H2,1-4H3,(H,17,18)/t12-/m0/s1. The first kappa shape index (κ1) is 16.4. The summed E-state index contributed by atoms with van der Waals surface area (Å²) in [5.41, 5.74) is 5.39. The number of amides is 1. The quantitative estimate of drug-likeness (QED) is 0.713. The van der Waals surface area contributed by atoms with Crippen molar-refractivity contribution in [2.45, 2.75) is 71.4 Å². The molecular formula is C15H30N2O2. The number of hydrogen-bond acceptors (Lipinski definition) is 3. The molecule has 4 heteroatoms. The van der Waals surface area contributed by atoms with Crippen molar-refractivity contribution in [1.29, 1.82) is 0 Å². The van der Waals surface area contributed by atoms with E-state index in [4.69, 9.17) is 5.73 Å². The van der Waals surface area contributed by atoms with Crippen LogP contribution in [-0.2, 0) is 4.79 Å². The molecule has 1 rings (SSSR count). The highest BCUT2D eigenvalue weighted by atomic mass is 16.3. The van der Waals surface area contributed by atoms with Gasteiger partial charge in [-0.25, -0.2) is 0 Å². The highest BCUT2D eigenvalue weighted by Gasteiger charge is 2.36. The number of hydrogen-bond donors (Lipinski definition) is 3. The summed E-state index contributed by atoms with van der Waals surface area (Å²) in [6.07, 6.45) is 4.17. The number of nitrogens with two attached hydrogens (primary N) is 1. The van der Waals surface area contributed by atoms with Crippen molar-refractivity contribution in [2.75, 3.05) is 6.54 Å². The fourth-order valence-corrected chi connectivity index (χ4v) is 2.57. The minimum Gasteiger partial charge on any atom is -0.388 e. The van der Waals surface area contributed by atoms with Crippen molar-refractivity contribution in [3.63, 3.8) is 0 Å². The molecule has 1 fully saturated rings. The van der Waals surface area contributed by atoms with Crippen molar-refractivity contribution in [1.82, 2.24) is 5.32 Å². The van der Waals surface area contributed by atoms with E-state index in [2.05, 4.69) is 19.2 Å². The summed E-state index contributed by atoms with van der Waals surface area (Å²) in [5, 5.41) is 13.3. The Labute approximate surface area is 117 Å². The summed E-state index contributed by atoms with van der Waals surface area (Å²) in [6.45, 7) is 8.87. The van der Waals surface area contributed by atoms with E-state index >= 15 is 0 Å². The van der Waals surface area contributed by atoms with Crippen LogP contribution in [0, 0.1) is 11.3 Å². The topological polar surface area (TPSA) is 75.4 Å². The number of carbonyl (C=O) groups excluding carboxylic acids is 1. The Morgan fingerprint density at radius 1 is 1.26 bits per heavy atom. The Balaban J connectivity index is 2.38. The Morgan fingerprint density at radius 2 is 1.79 bits per heavy atom. The van der Waals surface area contributed by atoms with Gasteiger partial charge in [0.2, 0.25) is 5.91 Å². The van der Waals surface area contributed by atoms with Crippen LogP contribution in [0.2, 0.25) is 0 Å². The largest absolute Gasteiger partial charge is 0.388 e. The molecule has 1 atom stereocenters. The summed E-state index contributed by atoms with van der Waals surface area (Å²) in [6, 6.07) is -0.469. The van der Waals surface area contributed by atoms with E-state index in [-0.39, 0.29) is 5.91 Å². The van der Waals surface area contributed by atoms with E-state index in [9.17, 15) is 9.90 Å². The molecule has 0 aromatic carbocycles. The molecule has 1 amide bonds. The van der Waals surface area contributed by atoms with E-state index in [1.807, 2.05) is 13.8 Å². The number of carbonyl (C=O) groups is 1. The molecule has 0 aromatic rings. The SMILES string of the molecule is CC(C)C[C@H](N)C(=O)NCC1(O)CCC(C)(C)CC1. The fraction of sp³-hybridized carbons (Fsp3) is 0.933. The lowest BCUT2D eigenvalue weighted by Gasteiger charge is -2.40. The Morgan fingerprint density at radius 3 is 2.26 bits per heavy atom. The third kappa shape index (κ3) is 5.49. The molecule has 0 unspecified atom stereocenters. The average molecular weight is 270 g/mol. The van der Waals surface area contributed by atoms with Crippen LogP contribution in [0.5, 0.6) is 0 Å². The van der Waals surface area contributed by atoms with Crippen molar-refractivity contribution in [3.8, 4) is 0 Å². The monoisotopic (exact) mass is 270 g/mol. The van der Waals surface area contributed by atoms with Gasteiger partial charge >= 0.3 is 0 Å².